The summed E-state index contributed by atoms with van der Waals surface area (Å²) in [4.78, 5) is 4.17. The third-order valence-corrected chi connectivity index (χ3v) is 2.65. The summed E-state index contributed by atoms with van der Waals surface area (Å²) in [5.74, 6) is 0. The summed E-state index contributed by atoms with van der Waals surface area (Å²) in [6, 6.07) is 0.414. The van der Waals surface area contributed by atoms with Gasteiger partial charge in [0.05, 0.1) is 6.54 Å². The van der Waals surface area contributed by atoms with Crippen LogP contribution in [0.25, 0.3) is 0 Å². The summed E-state index contributed by atoms with van der Waals surface area (Å²) in [5, 5.41) is 0. The molecule has 0 aromatic carbocycles. The molecule has 1 heterocycles. The summed E-state index contributed by atoms with van der Waals surface area (Å²) >= 11 is 0. The number of alkyl halides is 2. The molecule has 1 aliphatic rings. The minimum absolute atomic E-state index is 0.0676. The van der Waals surface area contributed by atoms with Crippen LogP contribution in [0.5, 0.6) is 0 Å². The van der Waals surface area contributed by atoms with Crippen molar-refractivity contribution in [2.75, 3.05) is 32.7 Å². The third kappa shape index (κ3) is 3.19. The van der Waals surface area contributed by atoms with Crippen molar-refractivity contribution in [3.8, 4) is 0 Å². The highest BCUT2D eigenvalue weighted by molar-refractivity contribution is 4.78. The molecule has 1 atom stereocenters. The van der Waals surface area contributed by atoms with Crippen molar-refractivity contribution in [3.05, 3.63) is 0 Å². The van der Waals surface area contributed by atoms with Gasteiger partial charge in [-0.3, -0.25) is 9.80 Å². The first-order chi connectivity index (χ1) is 6.13. The van der Waals surface area contributed by atoms with Crippen LogP contribution in [-0.2, 0) is 0 Å². The summed E-state index contributed by atoms with van der Waals surface area (Å²) in [6.45, 7) is 7.64. The second-order valence-corrected chi connectivity index (χ2v) is 3.63. The van der Waals surface area contributed by atoms with Crippen LogP contribution in [0.3, 0.4) is 0 Å². The Bertz CT molecular complexity index is 153. The Balaban J connectivity index is 2.32. The van der Waals surface area contributed by atoms with Crippen molar-refractivity contribution >= 4 is 0 Å². The Hall–Kier alpha value is -0.220. The van der Waals surface area contributed by atoms with Crippen molar-refractivity contribution in [2.45, 2.75) is 26.3 Å². The molecule has 1 aliphatic heterocycles. The maximum atomic E-state index is 12.1. The van der Waals surface area contributed by atoms with Crippen LogP contribution < -0.4 is 0 Å². The molecule has 0 radical (unpaired) electrons. The first kappa shape index (κ1) is 10.9. The highest BCUT2D eigenvalue weighted by atomic mass is 19.3. The van der Waals surface area contributed by atoms with Gasteiger partial charge in [0.25, 0.3) is 6.43 Å². The van der Waals surface area contributed by atoms with Crippen LogP contribution in [0.15, 0.2) is 0 Å². The number of halogens is 2. The minimum atomic E-state index is -2.19. The van der Waals surface area contributed by atoms with Gasteiger partial charge in [0.2, 0.25) is 0 Å². The molecule has 2 nitrogen and oxygen atoms in total. The number of piperazine rings is 1. The van der Waals surface area contributed by atoms with Gasteiger partial charge in [-0.2, -0.15) is 0 Å². The van der Waals surface area contributed by atoms with E-state index in [-0.39, 0.29) is 6.54 Å². The van der Waals surface area contributed by atoms with Crippen molar-refractivity contribution in [2.24, 2.45) is 0 Å². The van der Waals surface area contributed by atoms with Crippen LogP contribution in [0.4, 0.5) is 8.78 Å². The lowest BCUT2D eigenvalue weighted by Gasteiger charge is -2.39. The quantitative estimate of drug-likeness (QED) is 0.664. The zero-order valence-electron chi connectivity index (χ0n) is 8.34. The number of likely N-dealkylation sites (N-methyl/N-ethyl adjacent to an activating group) is 1. The number of hydrogen-bond acceptors (Lipinski definition) is 2. The van der Waals surface area contributed by atoms with Gasteiger partial charge in [-0.15, -0.1) is 0 Å². The first-order valence-corrected chi connectivity index (χ1v) is 4.88. The first-order valence-electron chi connectivity index (χ1n) is 4.88. The molecular formula is C9H18F2N2. The van der Waals surface area contributed by atoms with Crippen molar-refractivity contribution < 1.29 is 8.78 Å². The van der Waals surface area contributed by atoms with Gasteiger partial charge in [0.15, 0.2) is 0 Å². The molecule has 1 fully saturated rings. The second kappa shape index (κ2) is 4.86. The van der Waals surface area contributed by atoms with Gasteiger partial charge in [0.1, 0.15) is 0 Å². The highest BCUT2D eigenvalue weighted by Gasteiger charge is 2.23. The summed E-state index contributed by atoms with van der Waals surface area (Å²) in [5.41, 5.74) is 0. The molecule has 1 rings (SSSR count). The minimum Gasteiger partial charge on any atom is -0.298 e. The maximum absolute atomic E-state index is 12.1. The van der Waals surface area contributed by atoms with E-state index in [1.54, 1.807) is 0 Å². The topological polar surface area (TPSA) is 6.48 Å². The fourth-order valence-electron chi connectivity index (χ4n) is 1.90. The molecule has 0 bridgehead atoms. The molecule has 0 amide bonds. The monoisotopic (exact) mass is 192 g/mol. The Morgan fingerprint density at radius 2 is 2.08 bits per heavy atom. The Labute approximate surface area is 78.5 Å². The van der Waals surface area contributed by atoms with E-state index >= 15 is 0 Å². The SMILES string of the molecule is CCN1CCN(CC(F)F)CC1C. The molecule has 4 heteroatoms. The molecular weight excluding hydrogens is 174 g/mol. The van der Waals surface area contributed by atoms with Gasteiger partial charge in [0, 0.05) is 25.7 Å². The summed E-state index contributed by atoms with van der Waals surface area (Å²) in [7, 11) is 0. The average molecular weight is 192 g/mol. The predicted molar refractivity (Wildman–Crippen MR) is 49.2 cm³/mol. The second-order valence-electron chi connectivity index (χ2n) is 3.63. The number of rotatable bonds is 3. The van der Waals surface area contributed by atoms with Gasteiger partial charge < -0.3 is 0 Å². The van der Waals surface area contributed by atoms with Crippen LogP contribution in [0.2, 0.25) is 0 Å². The third-order valence-electron chi connectivity index (χ3n) is 2.65. The van der Waals surface area contributed by atoms with Crippen molar-refractivity contribution in [1.82, 2.24) is 9.80 Å². The van der Waals surface area contributed by atoms with Crippen molar-refractivity contribution in [1.29, 1.82) is 0 Å². The lowest BCUT2D eigenvalue weighted by molar-refractivity contribution is 0.0357. The van der Waals surface area contributed by atoms with Gasteiger partial charge in [-0.25, -0.2) is 8.78 Å². The standard InChI is InChI=1S/C9H18F2N2/c1-3-13-5-4-12(6-8(13)2)7-9(10)11/h8-9H,3-7H2,1-2H3. The summed E-state index contributed by atoms with van der Waals surface area (Å²) in [6.07, 6.45) is -2.19. The molecule has 0 N–H and O–H groups in total. The van der Waals surface area contributed by atoms with Crippen molar-refractivity contribution in [3.63, 3.8) is 0 Å². The van der Waals surface area contributed by atoms with E-state index in [1.807, 2.05) is 4.90 Å². The fourth-order valence-corrected chi connectivity index (χ4v) is 1.90. The Kier molecular flexibility index (Phi) is 4.06. The van der Waals surface area contributed by atoms with Gasteiger partial charge in [-0.05, 0) is 13.5 Å². The average Bonchev–Trinajstić information content (AvgIpc) is 2.03. The highest BCUT2D eigenvalue weighted by Crippen LogP contribution is 2.10. The number of nitrogens with zero attached hydrogens (tertiary/aromatic N) is 2. The summed E-state index contributed by atoms with van der Waals surface area (Å²) < 4.78 is 24.1. The van der Waals surface area contributed by atoms with Gasteiger partial charge in [-0.1, -0.05) is 6.92 Å². The van der Waals surface area contributed by atoms with Crippen LogP contribution in [0.1, 0.15) is 13.8 Å². The van der Waals surface area contributed by atoms with E-state index in [2.05, 4.69) is 18.7 Å². The van der Waals surface area contributed by atoms with E-state index in [9.17, 15) is 8.78 Å². The lowest BCUT2D eigenvalue weighted by atomic mass is 10.2. The maximum Gasteiger partial charge on any atom is 0.251 e. The smallest absolute Gasteiger partial charge is 0.251 e. The molecule has 0 spiro atoms. The molecule has 1 saturated heterocycles. The van der Waals surface area contributed by atoms with Gasteiger partial charge >= 0.3 is 0 Å². The largest absolute Gasteiger partial charge is 0.298 e. The van der Waals surface area contributed by atoms with Crippen LogP contribution >= 0.6 is 0 Å². The normalized spacial score (nSPS) is 27.0. The molecule has 1 unspecified atom stereocenters. The Morgan fingerprint density at radius 1 is 1.38 bits per heavy atom. The molecule has 0 saturated carbocycles. The van der Waals surface area contributed by atoms with Crippen LogP contribution in [-0.4, -0.2) is 55.0 Å². The number of hydrogen-bond donors (Lipinski definition) is 0. The molecule has 78 valence electrons. The van der Waals surface area contributed by atoms with E-state index < -0.39 is 6.43 Å². The molecule has 0 aromatic rings. The Morgan fingerprint density at radius 3 is 2.54 bits per heavy atom. The van der Waals surface area contributed by atoms with E-state index in [4.69, 9.17) is 0 Å². The molecule has 0 aliphatic carbocycles. The van der Waals surface area contributed by atoms with E-state index in [1.165, 1.54) is 0 Å². The lowest BCUT2D eigenvalue weighted by Crippen LogP contribution is -2.52. The van der Waals surface area contributed by atoms with Crippen LogP contribution in [0, 0.1) is 0 Å². The zero-order chi connectivity index (χ0) is 9.84. The zero-order valence-corrected chi connectivity index (χ0v) is 8.34. The fraction of sp³-hybridized carbons (Fsp3) is 1.00. The molecule has 0 aromatic heterocycles. The van der Waals surface area contributed by atoms with E-state index in [0.717, 1.165) is 26.2 Å². The predicted octanol–water partition coefficient (Wildman–Crippen LogP) is 1.28. The van der Waals surface area contributed by atoms with E-state index in [0.29, 0.717) is 6.04 Å². The molecule has 13 heavy (non-hydrogen) atoms.